The van der Waals surface area contributed by atoms with Gasteiger partial charge in [-0.25, -0.2) is 0 Å². The number of aliphatic hydroxyl groups excluding tert-OH is 6. The molecule has 9 heteroatoms. The monoisotopic (exact) mass is 598 g/mol. The second kappa shape index (κ2) is 12.4. The molecule has 6 N–H and O–H groups in total. The van der Waals surface area contributed by atoms with Gasteiger partial charge >= 0.3 is 0 Å². The summed E-state index contributed by atoms with van der Waals surface area (Å²) in [4.78, 5) is 0. The van der Waals surface area contributed by atoms with Crippen LogP contribution >= 0.6 is 0 Å². The van der Waals surface area contributed by atoms with Crippen LogP contribution in [0.2, 0.25) is 0 Å². The predicted molar refractivity (Wildman–Crippen MR) is 156 cm³/mol. The summed E-state index contributed by atoms with van der Waals surface area (Å²) >= 11 is 0. The van der Waals surface area contributed by atoms with E-state index in [0.717, 1.165) is 38.5 Å². The molecule has 1 saturated heterocycles. The zero-order valence-corrected chi connectivity index (χ0v) is 26.5. The molecule has 5 fully saturated rings. The number of rotatable bonds is 8. The van der Waals surface area contributed by atoms with Crippen molar-refractivity contribution in [2.45, 2.75) is 141 Å². The lowest BCUT2D eigenvalue weighted by atomic mass is 9.43. The van der Waals surface area contributed by atoms with Crippen molar-refractivity contribution in [3.8, 4) is 0 Å². The van der Waals surface area contributed by atoms with Gasteiger partial charge in [0.15, 0.2) is 6.29 Å². The average molecular weight is 599 g/mol. The van der Waals surface area contributed by atoms with Crippen LogP contribution in [0, 0.1) is 52.3 Å². The second-order valence-electron chi connectivity index (χ2n) is 15.6. The number of ether oxygens (including phenoxy) is 3. The molecule has 0 amide bonds. The normalized spacial score (nSPS) is 52.4. The van der Waals surface area contributed by atoms with E-state index in [0.29, 0.717) is 30.6 Å². The molecule has 0 aromatic heterocycles. The Morgan fingerprint density at radius 2 is 1.50 bits per heavy atom. The summed E-state index contributed by atoms with van der Waals surface area (Å²) in [5.74, 6) is 1.26. The van der Waals surface area contributed by atoms with E-state index in [4.69, 9.17) is 14.2 Å². The quantitative estimate of drug-likeness (QED) is 0.232. The maximum atomic E-state index is 11.7. The summed E-state index contributed by atoms with van der Waals surface area (Å²) in [5, 5.41) is 65.7. The SMILES string of the molecule is CO[C@H]1[C@H](OC2CC[C@@]3(C)C(C(O)C[C@H]4[C@@H]5C(O)C[C@H]([C@H](C)CCC(O)C(C)C)[C@@]5(C)CC[C@@H]43)C2O)OC[C@@H](O)[C@@H]1O. The van der Waals surface area contributed by atoms with Crippen LogP contribution in [0.25, 0.3) is 0 Å². The lowest BCUT2D eigenvalue weighted by Gasteiger charge is -2.63. The first kappa shape index (κ1) is 33.0. The molecular formula is C33H58O9. The van der Waals surface area contributed by atoms with Crippen molar-refractivity contribution in [3.63, 3.8) is 0 Å². The fourth-order valence-electron chi connectivity index (χ4n) is 10.8. The van der Waals surface area contributed by atoms with Crippen LogP contribution in [-0.2, 0) is 14.2 Å². The fourth-order valence-corrected chi connectivity index (χ4v) is 10.8. The summed E-state index contributed by atoms with van der Waals surface area (Å²) < 4.78 is 17.2. The summed E-state index contributed by atoms with van der Waals surface area (Å²) in [7, 11) is 1.43. The Balaban J connectivity index is 1.30. The molecule has 244 valence electrons. The van der Waals surface area contributed by atoms with Crippen molar-refractivity contribution in [1.82, 2.24) is 0 Å². The molecule has 0 radical (unpaired) electrons. The van der Waals surface area contributed by atoms with Gasteiger partial charge in [0.25, 0.3) is 0 Å². The van der Waals surface area contributed by atoms with Gasteiger partial charge in [-0.05, 0) is 97.7 Å². The van der Waals surface area contributed by atoms with Crippen molar-refractivity contribution in [2.24, 2.45) is 52.3 Å². The van der Waals surface area contributed by atoms with Crippen molar-refractivity contribution in [2.75, 3.05) is 13.7 Å². The standard InChI is InChI=1S/C33H58O9/c1-16(2)21(34)8-7-17(3)20-14-23(36)26-18-13-22(35)27-29(39)25(42-31-30(40-6)28(38)24(37)15-41-31)10-12-32(27,4)19(18)9-11-33(20,26)5/h16-31,34-39H,7-15H2,1-6H3/t17-,18-,19+,20-,21?,22?,23?,24-,25?,26-,27?,28+,29?,30-,31+,32-,33-/m1/s1. The Bertz CT molecular complexity index is 918. The molecule has 17 atom stereocenters. The van der Waals surface area contributed by atoms with Gasteiger partial charge in [0, 0.05) is 13.0 Å². The van der Waals surface area contributed by atoms with Gasteiger partial charge in [-0.2, -0.15) is 0 Å². The van der Waals surface area contributed by atoms with Gasteiger partial charge in [-0.15, -0.1) is 0 Å². The summed E-state index contributed by atoms with van der Waals surface area (Å²) in [5.41, 5.74) is -0.305. The molecule has 0 bridgehead atoms. The first-order valence-electron chi connectivity index (χ1n) is 16.6. The third-order valence-corrected chi connectivity index (χ3v) is 13.1. The molecule has 1 aliphatic heterocycles. The molecule has 1 heterocycles. The Morgan fingerprint density at radius 1 is 0.833 bits per heavy atom. The van der Waals surface area contributed by atoms with Crippen LogP contribution < -0.4 is 0 Å². The van der Waals surface area contributed by atoms with Crippen molar-refractivity contribution < 1.29 is 44.8 Å². The molecule has 5 rings (SSSR count). The topological polar surface area (TPSA) is 149 Å². The maximum Gasteiger partial charge on any atom is 0.186 e. The lowest BCUT2D eigenvalue weighted by Crippen LogP contribution is -2.64. The number of hydrogen-bond donors (Lipinski definition) is 6. The number of fused-ring (bicyclic) bond motifs is 5. The second-order valence-corrected chi connectivity index (χ2v) is 15.6. The van der Waals surface area contributed by atoms with Crippen LogP contribution in [-0.4, -0.2) is 99.5 Å². The van der Waals surface area contributed by atoms with Gasteiger partial charge in [-0.3, -0.25) is 0 Å². The van der Waals surface area contributed by atoms with E-state index >= 15 is 0 Å². The van der Waals surface area contributed by atoms with Crippen molar-refractivity contribution >= 4 is 0 Å². The zero-order valence-electron chi connectivity index (χ0n) is 26.5. The highest BCUT2D eigenvalue weighted by atomic mass is 16.7. The average Bonchev–Trinajstić information content (AvgIpc) is 3.21. The van der Waals surface area contributed by atoms with Gasteiger partial charge in [0.1, 0.15) is 18.3 Å². The van der Waals surface area contributed by atoms with Crippen LogP contribution in [0.1, 0.15) is 86.0 Å². The third-order valence-electron chi connectivity index (χ3n) is 13.1. The van der Waals surface area contributed by atoms with Crippen LogP contribution in [0.4, 0.5) is 0 Å². The number of methoxy groups -OCH3 is 1. The Morgan fingerprint density at radius 3 is 2.17 bits per heavy atom. The van der Waals surface area contributed by atoms with E-state index in [-0.39, 0.29) is 47.2 Å². The summed E-state index contributed by atoms with van der Waals surface area (Å²) in [6.07, 6.45) is -0.450. The summed E-state index contributed by atoms with van der Waals surface area (Å²) in [6, 6.07) is 0. The molecule has 0 spiro atoms. The molecule has 4 aliphatic carbocycles. The molecular weight excluding hydrogens is 540 g/mol. The molecule has 42 heavy (non-hydrogen) atoms. The number of hydrogen-bond acceptors (Lipinski definition) is 9. The third kappa shape index (κ3) is 5.51. The Kier molecular flexibility index (Phi) is 9.78. The Labute approximate surface area is 251 Å². The highest BCUT2D eigenvalue weighted by Gasteiger charge is 2.66. The first-order chi connectivity index (χ1) is 19.7. The molecule has 5 aliphatic rings. The molecule has 4 saturated carbocycles. The van der Waals surface area contributed by atoms with Crippen molar-refractivity contribution in [3.05, 3.63) is 0 Å². The molecule has 0 aromatic rings. The van der Waals surface area contributed by atoms with Crippen LogP contribution in [0.3, 0.4) is 0 Å². The van der Waals surface area contributed by atoms with Gasteiger partial charge in [0.2, 0.25) is 0 Å². The van der Waals surface area contributed by atoms with E-state index in [9.17, 15) is 30.6 Å². The Hall–Kier alpha value is -0.360. The molecule has 6 unspecified atom stereocenters. The van der Waals surface area contributed by atoms with E-state index in [1.165, 1.54) is 7.11 Å². The predicted octanol–water partition coefficient (Wildman–Crippen LogP) is 2.47. The lowest BCUT2D eigenvalue weighted by molar-refractivity contribution is -0.310. The largest absolute Gasteiger partial charge is 0.393 e. The first-order valence-corrected chi connectivity index (χ1v) is 16.6. The minimum absolute atomic E-state index is 0.0104. The van der Waals surface area contributed by atoms with Crippen LogP contribution in [0.15, 0.2) is 0 Å². The van der Waals surface area contributed by atoms with Gasteiger partial charge < -0.3 is 44.8 Å². The highest BCUT2D eigenvalue weighted by molar-refractivity contribution is 5.15. The van der Waals surface area contributed by atoms with Gasteiger partial charge in [-0.1, -0.05) is 34.6 Å². The van der Waals surface area contributed by atoms with E-state index in [1.54, 1.807) is 0 Å². The fraction of sp³-hybridized carbons (Fsp3) is 1.00. The van der Waals surface area contributed by atoms with Crippen LogP contribution in [0.5, 0.6) is 0 Å². The van der Waals surface area contributed by atoms with Crippen molar-refractivity contribution in [1.29, 1.82) is 0 Å². The molecule has 0 aromatic carbocycles. The minimum Gasteiger partial charge on any atom is -0.393 e. The minimum atomic E-state index is -1.15. The maximum absolute atomic E-state index is 11.7. The van der Waals surface area contributed by atoms with E-state index in [2.05, 4.69) is 34.6 Å². The smallest absolute Gasteiger partial charge is 0.186 e. The van der Waals surface area contributed by atoms with E-state index < -0.39 is 49.0 Å². The highest BCUT2D eigenvalue weighted by Crippen LogP contribution is 2.68. The number of aliphatic hydroxyl groups is 6. The van der Waals surface area contributed by atoms with Gasteiger partial charge in [0.05, 0.1) is 37.1 Å². The zero-order chi connectivity index (χ0) is 30.7. The molecule has 9 nitrogen and oxygen atoms in total. The van der Waals surface area contributed by atoms with E-state index in [1.807, 2.05) is 0 Å². The summed E-state index contributed by atoms with van der Waals surface area (Å²) in [6.45, 7) is 10.9.